The van der Waals surface area contributed by atoms with E-state index in [1.54, 1.807) is 7.11 Å². The van der Waals surface area contributed by atoms with Crippen molar-refractivity contribution in [1.29, 1.82) is 0 Å². The van der Waals surface area contributed by atoms with E-state index in [1.165, 1.54) is 11.1 Å². The summed E-state index contributed by atoms with van der Waals surface area (Å²) in [5, 5.41) is 0. The molecular formula is C15H23NO2. The number of rotatable bonds is 3. The molecule has 2 rings (SSSR count). The van der Waals surface area contributed by atoms with Gasteiger partial charge in [0.1, 0.15) is 18.0 Å². The van der Waals surface area contributed by atoms with Gasteiger partial charge in [-0.05, 0) is 50.6 Å². The smallest absolute Gasteiger partial charge is 0.127 e. The summed E-state index contributed by atoms with van der Waals surface area (Å²) in [7, 11) is 3.89. The van der Waals surface area contributed by atoms with E-state index in [0.29, 0.717) is 0 Å². The standard InChI is InChI=1S/C15H23NO2/c1-11-5-6-13(9-12(11)2)18-14-7-8-16(3)10-15(14)17-4/h5-6,9,14-15H,7-8,10H2,1-4H3/t14-,15-/m0/s1. The lowest BCUT2D eigenvalue weighted by Gasteiger charge is -2.35. The number of methoxy groups -OCH3 is 1. The third-order valence-electron chi connectivity index (χ3n) is 3.77. The minimum Gasteiger partial charge on any atom is -0.488 e. The van der Waals surface area contributed by atoms with Gasteiger partial charge in [-0.1, -0.05) is 6.07 Å². The zero-order chi connectivity index (χ0) is 13.1. The van der Waals surface area contributed by atoms with Gasteiger partial charge < -0.3 is 14.4 Å². The van der Waals surface area contributed by atoms with Gasteiger partial charge in [0, 0.05) is 20.2 Å². The number of piperidine rings is 1. The van der Waals surface area contributed by atoms with Crippen LogP contribution in [-0.4, -0.2) is 44.4 Å². The molecule has 0 saturated carbocycles. The second-order valence-electron chi connectivity index (χ2n) is 5.23. The first-order valence-corrected chi connectivity index (χ1v) is 6.55. The molecule has 2 atom stereocenters. The Balaban J connectivity index is 2.05. The fraction of sp³-hybridized carbons (Fsp3) is 0.600. The molecule has 0 radical (unpaired) electrons. The van der Waals surface area contributed by atoms with Crippen molar-refractivity contribution in [2.24, 2.45) is 0 Å². The molecule has 0 bridgehead atoms. The molecule has 3 nitrogen and oxygen atoms in total. The number of nitrogens with zero attached hydrogens (tertiary/aromatic N) is 1. The molecule has 1 aliphatic heterocycles. The molecule has 0 aromatic heterocycles. The highest BCUT2D eigenvalue weighted by Crippen LogP contribution is 2.22. The first-order valence-electron chi connectivity index (χ1n) is 6.55. The van der Waals surface area contributed by atoms with Gasteiger partial charge in [-0.25, -0.2) is 0 Å². The van der Waals surface area contributed by atoms with Gasteiger partial charge in [0.2, 0.25) is 0 Å². The van der Waals surface area contributed by atoms with Gasteiger partial charge >= 0.3 is 0 Å². The van der Waals surface area contributed by atoms with Crippen molar-refractivity contribution < 1.29 is 9.47 Å². The molecule has 0 amide bonds. The zero-order valence-corrected chi connectivity index (χ0v) is 11.8. The van der Waals surface area contributed by atoms with Crippen molar-refractivity contribution in [3.63, 3.8) is 0 Å². The van der Waals surface area contributed by atoms with Crippen LogP contribution in [0.3, 0.4) is 0 Å². The maximum Gasteiger partial charge on any atom is 0.127 e. The molecule has 0 aliphatic carbocycles. The highest BCUT2D eigenvalue weighted by molar-refractivity contribution is 5.34. The minimum atomic E-state index is 0.158. The predicted octanol–water partition coefficient (Wildman–Crippen LogP) is 2.40. The van der Waals surface area contributed by atoms with E-state index >= 15 is 0 Å². The average Bonchev–Trinajstić information content (AvgIpc) is 2.36. The van der Waals surface area contributed by atoms with Crippen LogP contribution in [0.15, 0.2) is 18.2 Å². The number of aryl methyl sites for hydroxylation is 2. The summed E-state index contributed by atoms with van der Waals surface area (Å²) in [6, 6.07) is 6.27. The van der Waals surface area contributed by atoms with Gasteiger partial charge in [-0.2, -0.15) is 0 Å². The van der Waals surface area contributed by atoms with Gasteiger partial charge in [0.25, 0.3) is 0 Å². The summed E-state index contributed by atoms with van der Waals surface area (Å²) >= 11 is 0. The van der Waals surface area contributed by atoms with E-state index < -0.39 is 0 Å². The van der Waals surface area contributed by atoms with Crippen LogP contribution in [0.25, 0.3) is 0 Å². The highest BCUT2D eigenvalue weighted by atomic mass is 16.5. The lowest BCUT2D eigenvalue weighted by Crippen LogP contribution is -2.48. The Morgan fingerprint density at radius 1 is 1.17 bits per heavy atom. The summed E-state index contributed by atoms with van der Waals surface area (Å²) in [6.07, 6.45) is 1.33. The normalized spacial score (nSPS) is 25.1. The van der Waals surface area contributed by atoms with Gasteiger partial charge in [-0.3, -0.25) is 0 Å². The van der Waals surface area contributed by atoms with E-state index in [0.717, 1.165) is 25.3 Å². The van der Waals surface area contributed by atoms with Crippen molar-refractivity contribution in [2.75, 3.05) is 27.2 Å². The number of ether oxygens (including phenoxy) is 2. The number of hydrogen-bond donors (Lipinski definition) is 0. The van der Waals surface area contributed by atoms with E-state index in [4.69, 9.17) is 9.47 Å². The van der Waals surface area contributed by atoms with Crippen LogP contribution in [0.1, 0.15) is 17.5 Å². The third kappa shape index (κ3) is 3.03. The quantitative estimate of drug-likeness (QED) is 0.821. The van der Waals surface area contributed by atoms with E-state index in [1.807, 2.05) is 6.07 Å². The third-order valence-corrected chi connectivity index (χ3v) is 3.77. The van der Waals surface area contributed by atoms with Crippen molar-refractivity contribution in [3.05, 3.63) is 29.3 Å². The van der Waals surface area contributed by atoms with E-state index in [-0.39, 0.29) is 12.2 Å². The van der Waals surface area contributed by atoms with Crippen LogP contribution in [0.5, 0.6) is 5.75 Å². The lowest BCUT2D eigenvalue weighted by atomic mass is 10.0. The van der Waals surface area contributed by atoms with Crippen LogP contribution in [0.4, 0.5) is 0 Å². The first kappa shape index (κ1) is 13.4. The fourth-order valence-electron chi connectivity index (χ4n) is 2.37. The molecule has 0 spiro atoms. The molecular weight excluding hydrogens is 226 g/mol. The molecule has 1 aliphatic rings. The first-order chi connectivity index (χ1) is 8.60. The molecule has 100 valence electrons. The largest absolute Gasteiger partial charge is 0.488 e. The molecule has 1 aromatic carbocycles. The van der Waals surface area contributed by atoms with Gasteiger partial charge in [0.05, 0.1) is 0 Å². The van der Waals surface area contributed by atoms with Gasteiger partial charge in [-0.15, -0.1) is 0 Å². The molecule has 1 fully saturated rings. The predicted molar refractivity (Wildman–Crippen MR) is 73.2 cm³/mol. The van der Waals surface area contributed by atoms with Crippen molar-refractivity contribution in [1.82, 2.24) is 4.90 Å². The van der Waals surface area contributed by atoms with Crippen LogP contribution in [-0.2, 0) is 4.74 Å². The van der Waals surface area contributed by atoms with Crippen molar-refractivity contribution in [3.8, 4) is 5.75 Å². The molecule has 1 heterocycles. The fourth-order valence-corrected chi connectivity index (χ4v) is 2.37. The van der Waals surface area contributed by atoms with Crippen LogP contribution >= 0.6 is 0 Å². The number of hydrogen-bond acceptors (Lipinski definition) is 3. The summed E-state index contributed by atoms with van der Waals surface area (Å²) in [6.45, 7) is 6.23. The van der Waals surface area contributed by atoms with E-state index in [2.05, 4.69) is 37.9 Å². The number of likely N-dealkylation sites (tertiary alicyclic amines) is 1. The Bertz CT molecular complexity index is 405. The zero-order valence-electron chi connectivity index (χ0n) is 11.8. The topological polar surface area (TPSA) is 21.7 Å². The van der Waals surface area contributed by atoms with E-state index in [9.17, 15) is 0 Å². The number of benzene rings is 1. The highest BCUT2D eigenvalue weighted by Gasteiger charge is 2.29. The second kappa shape index (κ2) is 5.72. The molecule has 1 aromatic rings. The Morgan fingerprint density at radius 2 is 1.94 bits per heavy atom. The maximum atomic E-state index is 6.09. The van der Waals surface area contributed by atoms with Crippen LogP contribution < -0.4 is 4.74 Å². The van der Waals surface area contributed by atoms with Crippen molar-refractivity contribution >= 4 is 0 Å². The summed E-state index contributed by atoms with van der Waals surface area (Å²) in [5.74, 6) is 0.953. The molecule has 0 unspecified atom stereocenters. The summed E-state index contributed by atoms with van der Waals surface area (Å²) in [5.41, 5.74) is 2.57. The van der Waals surface area contributed by atoms with Crippen LogP contribution in [0, 0.1) is 13.8 Å². The summed E-state index contributed by atoms with van der Waals surface area (Å²) < 4.78 is 11.6. The molecule has 3 heteroatoms. The van der Waals surface area contributed by atoms with Gasteiger partial charge in [0.15, 0.2) is 0 Å². The minimum absolute atomic E-state index is 0.158. The second-order valence-corrected chi connectivity index (χ2v) is 5.23. The summed E-state index contributed by atoms with van der Waals surface area (Å²) in [4.78, 5) is 2.29. The monoisotopic (exact) mass is 249 g/mol. The molecule has 0 N–H and O–H groups in total. The number of likely N-dealkylation sites (N-methyl/N-ethyl adjacent to an activating group) is 1. The molecule has 18 heavy (non-hydrogen) atoms. The average molecular weight is 249 g/mol. The Labute approximate surface area is 110 Å². The van der Waals surface area contributed by atoms with Crippen LogP contribution in [0.2, 0.25) is 0 Å². The SMILES string of the molecule is CO[C@H]1CN(C)CC[C@@H]1Oc1ccc(C)c(C)c1. The Morgan fingerprint density at radius 3 is 2.61 bits per heavy atom. The van der Waals surface area contributed by atoms with Crippen molar-refractivity contribution in [2.45, 2.75) is 32.5 Å². The Hall–Kier alpha value is -1.06. The lowest BCUT2D eigenvalue weighted by molar-refractivity contribution is -0.0435. The maximum absolute atomic E-state index is 6.09. The Kier molecular flexibility index (Phi) is 4.25. The molecule has 1 saturated heterocycles.